The van der Waals surface area contributed by atoms with Gasteiger partial charge < -0.3 is 10.1 Å². The maximum atomic E-state index is 5.04. The molecule has 1 aliphatic carbocycles. The average molecular weight is 226 g/mol. The van der Waals surface area contributed by atoms with Gasteiger partial charge in [-0.3, -0.25) is 0 Å². The van der Waals surface area contributed by atoms with Crippen LogP contribution >= 0.6 is 11.3 Å². The Bertz CT molecular complexity index is 309. The quantitative estimate of drug-likeness (QED) is 0.807. The van der Waals surface area contributed by atoms with Crippen molar-refractivity contribution in [3.05, 3.63) is 16.1 Å². The summed E-state index contributed by atoms with van der Waals surface area (Å²) in [5.41, 5.74) is 1.14. The number of hydrogen-bond acceptors (Lipinski definition) is 4. The Labute approximate surface area is 94.9 Å². The maximum absolute atomic E-state index is 5.04. The van der Waals surface area contributed by atoms with Crippen LogP contribution in [0.2, 0.25) is 0 Å². The minimum absolute atomic E-state index is 0.628. The number of ether oxygens (including phenoxy) is 1. The molecule has 0 aromatic carbocycles. The Kier molecular flexibility index (Phi) is 3.72. The molecule has 1 aromatic rings. The Hall–Kier alpha value is -0.450. The number of hydrogen-bond donors (Lipinski definition) is 1. The van der Waals surface area contributed by atoms with E-state index in [0.29, 0.717) is 12.6 Å². The van der Waals surface area contributed by atoms with E-state index in [0.717, 1.165) is 23.2 Å². The Morgan fingerprint density at radius 2 is 2.47 bits per heavy atom. The van der Waals surface area contributed by atoms with Crippen molar-refractivity contribution in [1.82, 2.24) is 10.3 Å². The molecule has 0 aliphatic heterocycles. The molecule has 0 spiro atoms. The summed E-state index contributed by atoms with van der Waals surface area (Å²) in [7, 11) is 1.70. The van der Waals surface area contributed by atoms with Crippen molar-refractivity contribution in [2.24, 2.45) is 5.92 Å². The zero-order valence-electron chi connectivity index (χ0n) is 9.32. The highest BCUT2D eigenvalue weighted by atomic mass is 32.1. The summed E-state index contributed by atoms with van der Waals surface area (Å²) in [6.45, 7) is 3.78. The third-order valence-electron chi connectivity index (χ3n) is 2.80. The van der Waals surface area contributed by atoms with Crippen LogP contribution in [0.5, 0.6) is 0 Å². The molecule has 1 fully saturated rings. The molecule has 1 unspecified atom stereocenters. The number of nitrogens with zero attached hydrogens (tertiary/aromatic N) is 1. The van der Waals surface area contributed by atoms with Crippen LogP contribution in [0.4, 0.5) is 0 Å². The predicted octanol–water partition coefficient (Wildman–Crippen LogP) is 2.18. The summed E-state index contributed by atoms with van der Waals surface area (Å²) in [5.74, 6) is 0.905. The zero-order valence-corrected chi connectivity index (χ0v) is 10.1. The van der Waals surface area contributed by atoms with E-state index in [9.17, 15) is 0 Å². The van der Waals surface area contributed by atoms with Crippen molar-refractivity contribution in [1.29, 1.82) is 0 Å². The summed E-state index contributed by atoms with van der Waals surface area (Å²) in [5, 5.41) is 6.70. The highest BCUT2D eigenvalue weighted by molar-refractivity contribution is 7.09. The van der Waals surface area contributed by atoms with E-state index in [1.807, 2.05) is 0 Å². The van der Waals surface area contributed by atoms with Gasteiger partial charge in [-0.25, -0.2) is 4.98 Å². The smallest absolute Gasteiger partial charge is 0.119 e. The van der Waals surface area contributed by atoms with Gasteiger partial charge in [0.05, 0.1) is 12.3 Å². The van der Waals surface area contributed by atoms with Gasteiger partial charge in [-0.1, -0.05) is 0 Å². The molecule has 1 heterocycles. The Balaban J connectivity index is 1.76. The van der Waals surface area contributed by atoms with Gasteiger partial charge in [-0.05, 0) is 25.7 Å². The topological polar surface area (TPSA) is 34.1 Å². The van der Waals surface area contributed by atoms with Crippen LogP contribution < -0.4 is 5.32 Å². The van der Waals surface area contributed by atoms with E-state index >= 15 is 0 Å². The second kappa shape index (κ2) is 5.05. The largest absolute Gasteiger partial charge is 0.378 e. The lowest BCUT2D eigenvalue weighted by Gasteiger charge is -2.10. The molecule has 1 N–H and O–H groups in total. The summed E-state index contributed by atoms with van der Waals surface area (Å²) in [6.07, 6.45) is 2.78. The summed E-state index contributed by atoms with van der Waals surface area (Å²) >= 11 is 1.67. The molecular weight excluding hydrogens is 208 g/mol. The van der Waals surface area contributed by atoms with Crippen LogP contribution in [0.25, 0.3) is 0 Å². The molecule has 1 atom stereocenters. The SMILES string of the molecule is COCc1nc(CNC(C)C2CC2)cs1. The van der Waals surface area contributed by atoms with Crippen LogP contribution in [0.15, 0.2) is 5.38 Å². The number of thiazole rings is 1. The van der Waals surface area contributed by atoms with Gasteiger partial charge in [-0.2, -0.15) is 0 Å². The summed E-state index contributed by atoms with van der Waals surface area (Å²) < 4.78 is 5.04. The standard InChI is InChI=1S/C11H18N2OS/c1-8(9-3-4-9)12-5-10-7-15-11(13-10)6-14-2/h7-9,12H,3-6H2,1-2H3. The van der Waals surface area contributed by atoms with E-state index in [4.69, 9.17) is 4.74 Å². The fourth-order valence-electron chi connectivity index (χ4n) is 1.65. The molecule has 1 aromatic heterocycles. The van der Waals surface area contributed by atoms with Crippen molar-refractivity contribution >= 4 is 11.3 Å². The predicted molar refractivity (Wildman–Crippen MR) is 61.9 cm³/mol. The van der Waals surface area contributed by atoms with E-state index in [1.165, 1.54) is 12.8 Å². The maximum Gasteiger partial charge on any atom is 0.119 e. The van der Waals surface area contributed by atoms with Crippen molar-refractivity contribution in [3.8, 4) is 0 Å². The third kappa shape index (κ3) is 3.26. The molecule has 0 saturated heterocycles. The molecule has 15 heavy (non-hydrogen) atoms. The Morgan fingerprint density at radius 3 is 3.13 bits per heavy atom. The number of aromatic nitrogens is 1. The lowest BCUT2D eigenvalue weighted by atomic mass is 10.2. The van der Waals surface area contributed by atoms with Gasteiger partial charge in [0.2, 0.25) is 0 Å². The number of methoxy groups -OCH3 is 1. The van der Waals surface area contributed by atoms with Crippen LogP contribution in [-0.2, 0) is 17.9 Å². The molecule has 2 rings (SSSR count). The zero-order chi connectivity index (χ0) is 10.7. The van der Waals surface area contributed by atoms with Crippen molar-refractivity contribution < 1.29 is 4.74 Å². The van der Waals surface area contributed by atoms with E-state index in [1.54, 1.807) is 18.4 Å². The van der Waals surface area contributed by atoms with Gasteiger partial charge in [0.25, 0.3) is 0 Å². The first kappa shape index (κ1) is 11.0. The van der Waals surface area contributed by atoms with Crippen LogP contribution in [-0.4, -0.2) is 18.1 Å². The third-order valence-corrected chi connectivity index (χ3v) is 3.67. The molecule has 84 valence electrons. The number of nitrogens with one attached hydrogen (secondary N) is 1. The first-order chi connectivity index (χ1) is 7.29. The van der Waals surface area contributed by atoms with E-state index < -0.39 is 0 Å². The highest BCUT2D eigenvalue weighted by Gasteiger charge is 2.27. The second-order valence-electron chi connectivity index (χ2n) is 4.17. The number of rotatable bonds is 6. The van der Waals surface area contributed by atoms with Crippen LogP contribution in [0.3, 0.4) is 0 Å². The molecule has 4 heteroatoms. The molecule has 0 radical (unpaired) electrons. The van der Waals surface area contributed by atoms with Crippen molar-refractivity contribution in [3.63, 3.8) is 0 Å². The minimum Gasteiger partial charge on any atom is -0.378 e. The van der Waals surface area contributed by atoms with Gasteiger partial charge >= 0.3 is 0 Å². The lowest BCUT2D eigenvalue weighted by molar-refractivity contribution is 0.184. The summed E-state index contributed by atoms with van der Waals surface area (Å²) in [4.78, 5) is 4.48. The van der Waals surface area contributed by atoms with E-state index in [-0.39, 0.29) is 0 Å². The fourth-order valence-corrected chi connectivity index (χ4v) is 2.41. The monoisotopic (exact) mass is 226 g/mol. The molecule has 0 bridgehead atoms. The second-order valence-corrected chi connectivity index (χ2v) is 5.12. The van der Waals surface area contributed by atoms with E-state index in [2.05, 4.69) is 22.6 Å². The highest BCUT2D eigenvalue weighted by Crippen LogP contribution is 2.32. The first-order valence-corrected chi connectivity index (χ1v) is 6.33. The van der Waals surface area contributed by atoms with Gasteiger partial charge in [0, 0.05) is 25.1 Å². The van der Waals surface area contributed by atoms with Gasteiger partial charge in [0.1, 0.15) is 5.01 Å². The minimum atomic E-state index is 0.628. The Morgan fingerprint density at radius 1 is 1.67 bits per heavy atom. The van der Waals surface area contributed by atoms with Crippen LogP contribution in [0, 0.1) is 5.92 Å². The molecular formula is C11H18N2OS. The van der Waals surface area contributed by atoms with Crippen molar-refractivity contribution in [2.75, 3.05) is 7.11 Å². The summed E-state index contributed by atoms with van der Waals surface area (Å²) in [6, 6.07) is 0.637. The normalized spacial score (nSPS) is 18.0. The van der Waals surface area contributed by atoms with Crippen molar-refractivity contribution in [2.45, 2.75) is 39.0 Å². The van der Waals surface area contributed by atoms with Gasteiger partial charge in [-0.15, -0.1) is 11.3 Å². The average Bonchev–Trinajstić information content (AvgIpc) is 2.98. The molecule has 1 aliphatic rings. The molecule has 1 saturated carbocycles. The molecule has 3 nitrogen and oxygen atoms in total. The lowest BCUT2D eigenvalue weighted by Crippen LogP contribution is -2.27. The van der Waals surface area contributed by atoms with Gasteiger partial charge in [0.15, 0.2) is 0 Å². The molecule has 0 amide bonds. The van der Waals surface area contributed by atoms with Crippen LogP contribution in [0.1, 0.15) is 30.5 Å². The fraction of sp³-hybridized carbons (Fsp3) is 0.727. The first-order valence-electron chi connectivity index (χ1n) is 5.45.